The molecule has 5 heteroatoms. The third kappa shape index (κ3) is 3.46. The van der Waals surface area contributed by atoms with Crippen molar-refractivity contribution in [3.8, 4) is 0 Å². The fourth-order valence-corrected chi connectivity index (χ4v) is 4.74. The number of esters is 1. The number of ether oxygens (including phenoxy) is 1. The fourth-order valence-electron chi connectivity index (χ4n) is 4.74. The van der Waals surface area contributed by atoms with Gasteiger partial charge in [-0.3, -0.25) is 4.90 Å². The number of anilines is 1. The Kier molecular flexibility index (Phi) is 5.23. The van der Waals surface area contributed by atoms with Crippen LogP contribution in [0.3, 0.4) is 0 Å². The van der Waals surface area contributed by atoms with Gasteiger partial charge >= 0.3 is 12.0 Å². The molecule has 0 saturated heterocycles. The first-order valence-electron chi connectivity index (χ1n) is 10.8. The number of fused-ring (bicyclic) bond motifs is 4. The summed E-state index contributed by atoms with van der Waals surface area (Å²) in [6.45, 7) is 0. The Morgan fingerprint density at radius 2 is 1.69 bits per heavy atom. The number of urea groups is 1. The van der Waals surface area contributed by atoms with Crippen LogP contribution in [0.2, 0.25) is 0 Å². The van der Waals surface area contributed by atoms with E-state index in [0.717, 1.165) is 29.7 Å². The number of carbonyl (C=O) groups is 2. The molecule has 1 heterocycles. The predicted octanol–water partition coefficient (Wildman–Crippen LogP) is 4.99. The summed E-state index contributed by atoms with van der Waals surface area (Å²) in [5.74, 6) is -0.500. The fraction of sp³-hybridized carbons (Fsp3) is 0.185. The summed E-state index contributed by atoms with van der Waals surface area (Å²) in [6.07, 6.45) is 3.90. The maximum atomic E-state index is 13.7. The van der Waals surface area contributed by atoms with E-state index in [1.807, 2.05) is 60.7 Å². The molecule has 3 aromatic rings. The SMILES string of the molecule is COC(=O)[C@@H](NC(=O)N1c2ccccc2C=C2c3ccccc3CC[C@H]21)c1ccccc1. The van der Waals surface area contributed by atoms with Gasteiger partial charge in [0.05, 0.1) is 18.8 Å². The van der Waals surface area contributed by atoms with Gasteiger partial charge in [0.1, 0.15) is 0 Å². The molecular weight excluding hydrogens is 400 g/mol. The van der Waals surface area contributed by atoms with Gasteiger partial charge in [-0.15, -0.1) is 0 Å². The molecule has 1 aliphatic carbocycles. The van der Waals surface area contributed by atoms with Crippen LogP contribution in [0.15, 0.2) is 78.9 Å². The third-order valence-electron chi connectivity index (χ3n) is 6.25. The first-order valence-corrected chi connectivity index (χ1v) is 10.8. The number of para-hydroxylation sites is 1. The molecule has 160 valence electrons. The van der Waals surface area contributed by atoms with Crippen molar-refractivity contribution in [3.63, 3.8) is 0 Å². The molecule has 1 N–H and O–H groups in total. The first-order chi connectivity index (χ1) is 15.7. The van der Waals surface area contributed by atoms with Crippen LogP contribution in [0, 0.1) is 0 Å². The molecule has 5 rings (SSSR count). The number of rotatable bonds is 3. The smallest absolute Gasteiger partial charge is 0.333 e. The van der Waals surface area contributed by atoms with E-state index in [-0.39, 0.29) is 12.1 Å². The summed E-state index contributed by atoms with van der Waals surface area (Å²) in [4.78, 5) is 28.1. The Balaban J connectivity index is 1.54. The molecule has 1 aliphatic heterocycles. The van der Waals surface area contributed by atoms with Gasteiger partial charge in [-0.05, 0) is 52.8 Å². The van der Waals surface area contributed by atoms with Crippen LogP contribution in [0.1, 0.15) is 34.7 Å². The van der Waals surface area contributed by atoms with E-state index in [1.54, 1.807) is 4.90 Å². The Bertz CT molecular complexity index is 1200. The highest BCUT2D eigenvalue weighted by Gasteiger charge is 2.38. The lowest BCUT2D eigenvalue weighted by atomic mass is 9.80. The Hall–Kier alpha value is -3.86. The van der Waals surface area contributed by atoms with Crippen LogP contribution in [0.4, 0.5) is 10.5 Å². The highest BCUT2D eigenvalue weighted by molar-refractivity contribution is 6.05. The first kappa shape index (κ1) is 20.1. The van der Waals surface area contributed by atoms with Crippen LogP contribution in [0.5, 0.6) is 0 Å². The molecule has 3 aromatic carbocycles. The minimum Gasteiger partial charge on any atom is -0.467 e. The average molecular weight is 425 g/mol. The van der Waals surface area contributed by atoms with Crippen molar-refractivity contribution >= 4 is 29.3 Å². The van der Waals surface area contributed by atoms with Gasteiger partial charge in [0.25, 0.3) is 0 Å². The summed E-state index contributed by atoms with van der Waals surface area (Å²) in [6, 6.07) is 24.1. The van der Waals surface area contributed by atoms with E-state index in [4.69, 9.17) is 4.74 Å². The molecule has 0 bridgehead atoms. The Morgan fingerprint density at radius 3 is 2.50 bits per heavy atom. The van der Waals surface area contributed by atoms with Crippen molar-refractivity contribution in [2.45, 2.75) is 24.9 Å². The molecule has 0 spiro atoms. The van der Waals surface area contributed by atoms with E-state index in [9.17, 15) is 9.59 Å². The lowest BCUT2D eigenvalue weighted by Crippen LogP contribution is -2.51. The minimum absolute atomic E-state index is 0.103. The quantitative estimate of drug-likeness (QED) is 0.603. The number of benzene rings is 3. The van der Waals surface area contributed by atoms with Gasteiger partial charge in [-0.2, -0.15) is 0 Å². The lowest BCUT2D eigenvalue weighted by molar-refractivity contribution is -0.143. The topological polar surface area (TPSA) is 58.6 Å². The van der Waals surface area contributed by atoms with E-state index in [1.165, 1.54) is 18.2 Å². The van der Waals surface area contributed by atoms with Gasteiger partial charge in [0, 0.05) is 0 Å². The van der Waals surface area contributed by atoms with Gasteiger partial charge < -0.3 is 10.1 Å². The van der Waals surface area contributed by atoms with E-state index in [0.29, 0.717) is 5.56 Å². The molecule has 0 aromatic heterocycles. The van der Waals surface area contributed by atoms with Crippen LogP contribution >= 0.6 is 0 Å². The summed E-state index contributed by atoms with van der Waals surface area (Å²) in [7, 11) is 1.33. The average Bonchev–Trinajstić information content (AvgIpc) is 2.85. The van der Waals surface area contributed by atoms with Gasteiger partial charge in [0.15, 0.2) is 6.04 Å². The number of amides is 2. The second-order valence-electron chi connectivity index (χ2n) is 8.06. The number of hydrogen-bond acceptors (Lipinski definition) is 3. The van der Waals surface area contributed by atoms with Crippen molar-refractivity contribution < 1.29 is 14.3 Å². The van der Waals surface area contributed by atoms with Crippen molar-refractivity contribution in [2.24, 2.45) is 0 Å². The van der Waals surface area contributed by atoms with Gasteiger partial charge in [-0.25, -0.2) is 9.59 Å². The standard InChI is InChI=1S/C27H24N2O3/c1-32-26(30)25(19-10-3-2-4-11-19)28-27(31)29-23-14-8-6-12-20(23)17-22-21-13-7-5-9-18(21)15-16-24(22)29/h2-14,17,24-25H,15-16H2,1H3,(H,28,31)/t24-,25+/m1/s1. The summed E-state index contributed by atoms with van der Waals surface area (Å²) in [5.41, 5.74) is 6.13. The maximum absolute atomic E-state index is 13.7. The maximum Gasteiger partial charge on any atom is 0.333 e. The zero-order chi connectivity index (χ0) is 22.1. The lowest BCUT2D eigenvalue weighted by Gasteiger charge is -2.41. The molecular formula is C27H24N2O3. The zero-order valence-corrected chi connectivity index (χ0v) is 17.8. The molecule has 0 unspecified atom stereocenters. The summed E-state index contributed by atoms with van der Waals surface area (Å²) in [5, 5.41) is 2.94. The van der Waals surface area contributed by atoms with E-state index in [2.05, 4.69) is 29.6 Å². The van der Waals surface area contributed by atoms with Crippen molar-refractivity contribution in [3.05, 3.63) is 101 Å². The van der Waals surface area contributed by atoms with Crippen molar-refractivity contribution in [1.29, 1.82) is 0 Å². The summed E-state index contributed by atoms with van der Waals surface area (Å²) >= 11 is 0. The Morgan fingerprint density at radius 1 is 0.969 bits per heavy atom. The molecule has 2 atom stereocenters. The zero-order valence-electron chi connectivity index (χ0n) is 17.8. The third-order valence-corrected chi connectivity index (χ3v) is 6.25. The van der Waals surface area contributed by atoms with Crippen LogP contribution < -0.4 is 10.2 Å². The van der Waals surface area contributed by atoms with Crippen molar-refractivity contribution in [1.82, 2.24) is 5.32 Å². The van der Waals surface area contributed by atoms with E-state index >= 15 is 0 Å². The van der Waals surface area contributed by atoms with Gasteiger partial charge in [0.2, 0.25) is 0 Å². The van der Waals surface area contributed by atoms with Crippen LogP contribution in [0.25, 0.3) is 11.6 Å². The van der Waals surface area contributed by atoms with Crippen LogP contribution in [-0.4, -0.2) is 25.2 Å². The Labute approximate surface area is 187 Å². The normalized spacial score (nSPS) is 17.2. The largest absolute Gasteiger partial charge is 0.467 e. The number of nitrogens with one attached hydrogen (secondary N) is 1. The molecule has 32 heavy (non-hydrogen) atoms. The molecule has 2 aliphatic rings. The molecule has 0 saturated carbocycles. The number of nitrogens with zero attached hydrogens (tertiary/aromatic N) is 1. The number of hydrogen-bond donors (Lipinski definition) is 1. The van der Waals surface area contributed by atoms with Crippen LogP contribution in [-0.2, 0) is 16.0 Å². The van der Waals surface area contributed by atoms with Crippen molar-refractivity contribution in [2.75, 3.05) is 12.0 Å². The molecule has 2 amide bonds. The number of methoxy groups -OCH3 is 1. The molecule has 5 nitrogen and oxygen atoms in total. The highest BCUT2D eigenvalue weighted by Crippen LogP contribution is 2.42. The van der Waals surface area contributed by atoms with E-state index < -0.39 is 12.0 Å². The highest BCUT2D eigenvalue weighted by atomic mass is 16.5. The second kappa shape index (κ2) is 8.35. The predicted molar refractivity (Wildman–Crippen MR) is 125 cm³/mol. The molecule has 0 radical (unpaired) electrons. The minimum atomic E-state index is -0.883. The number of aryl methyl sites for hydroxylation is 1. The number of carbonyl (C=O) groups excluding carboxylic acids is 2. The summed E-state index contributed by atoms with van der Waals surface area (Å²) < 4.78 is 4.99. The molecule has 0 fully saturated rings. The second-order valence-corrected chi connectivity index (χ2v) is 8.06. The monoisotopic (exact) mass is 424 g/mol. The van der Waals surface area contributed by atoms with Gasteiger partial charge in [-0.1, -0.05) is 72.8 Å².